The summed E-state index contributed by atoms with van der Waals surface area (Å²) in [4.78, 5) is 3.95. The molecule has 0 saturated carbocycles. The zero-order valence-corrected chi connectivity index (χ0v) is 10.2. The van der Waals surface area contributed by atoms with Crippen LogP contribution in [0.2, 0.25) is 0 Å². The highest BCUT2D eigenvalue weighted by atomic mass is 79.9. The van der Waals surface area contributed by atoms with Gasteiger partial charge in [-0.3, -0.25) is 0 Å². The van der Waals surface area contributed by atoms with Gasteiger partial charge < -0.3 is 14.3 Å². The van der Waals surface area contributed by atoms with E-state index in [9.17, 15) is 5.11 Å². The monoisotopic (exact) mass is 321 g/mol. The van der Waals surface area contributed by atoms with Crippen molar-refractivity contribution < 1.29 is 14.3 Å². The maximum absolute atomic E-state index is 9.65. The minimum Gasteiger partial charge on any atom is -0.504 e. The van der Waals surface area contributed by atoms with Crippen molar-refractivity contribution in [2.24, 2.45) is 0 Å². The molecular weight excluding hydrogens is 318 g/mol. The van der Waals surface area contributed by atoms with Gasteiger partial charge in [0.25, 0.3) is 0 Å². The first kappa shape index (κ1) is 9.79. The lowest BCUT2D eigenvalue weighted by Gasteiger charge is -1.97. The van der Waals surface area contributed by atoms with Gasteiger partial charge in [0, 0.05) is 0 Å². The molecule has 2 aromatic rings. The fourth-order valence-corrected chi connectivity index (χ4v) is 2.29. The average Bonchev–Trinajstić information content (AvgIpc) is 2.58. The highest BCUT2D eigenvalue weighted by molar-refractivity contribution is 9.11. The lowest BCUT2D eigenvalue weighted by molar-refractivity contribution is 0.299. The highest BCUT2D eigenvalue weighted by Crippen LogP contribution is 2.38. The number of fused-ring (bicyclic) bond motifs is 1. The van der Waals surface area contributed by atoms with Crippen molar-refractivity contribution >= 4 is 43.0 Å². The van der Waals surface area contributed by atoms with Gasteiger partial charge in [0.15, 0.2) is 16.8 Å². The molecule has 6 heteroatoms. The van der Waals surface area contributed by atoms with E-state index in [-0.39, 0.29) is 11.8 Å². The molecule has 0 aliphatic heterocycles. The fourth-order valence-electron chi connectivity index (χ4n) is 1.07. The molecule has 1 aromatic heterocycles. The number of phenols is 1. The third kappa shape index (κ3) is 1.38. The Morgan fingerprint density at radius 2 is 2.14 bits per heavy atom. The number of aromatic nitrogens is 1. The molecule has 0 amide bonds. The normalized spacial score (nSPS) is 10.8. The molecule has 0 aliphatic rings. The smallest absolute Gasteiger partial charge is 0.394 e. The van der Waals surface area contributed by atoms with Gasteiger partial charge in [-0.15, -0.1) is 0 Å². The molecule has 4 nitrogen and oxygen atoms in total. The topological polar surface area (TPSA) is 55.5 Å². The van der Waals surface area contributed by atoms with Crippen molar-refractivity contribution in [2.45, 2.75) is 0 Å². The maximum Gasteiger partial charge on any atom is 0.394 e. The van der Waals surface area contributed by atoms with Gasteiger partial charge in [-0.25, -0.2) is 0 Å². The summed E-state index contributed by atoms with van der Waals surface area (Å²) in [6.07, 6.45) is 0.120. The number of benzene rings is 1. The summed E-state index contributed by atoms with van der Waals surface area (Å²) < 4.78 is 11.3. The van der Waals surface area contributed by atoms with Gasteiger partial charge in [-0.2, -0.15) is 4.98 Å². The second-order valence-corrected chi connectivity index (χ2v) is 4.26. The standard InChI is InChI=1S/C8H5Br2NO3/c1-13-8-11-5-6(12)3(9)2-4(10)7(5)14-8/h2,12H,1H3. The van der Waals surface area contributed by atoms with Crippen molar-refractivity contribution in [3.05, 3.63) is 15.0 Å². The molecule has 0 spiro atoms. The van der Waals surface area contributed by atoms with Gasteiger partial charge in [0.1, 0.15) is 0 Å². The molecule has 0 atom stereocenters. The number of methoxy groups -OCH3 is 1. The molecule has 14 heavy (non-hydrogen) atoms. The first-order valence-corrected chi connectivity index (χ1v) is 5.23. The van der Waals surface area contributed by atoms with Crippen molar-refractivity contribution in [2.75, 3.05) is 7.11 Å². The summed E-state index contributed by atoms with van der Waals surface area (Å²) in [5, 5.41) is 9.65. The van der Waals surface area contributed by atoms with Crippen molar-refractivity contribution in [1.29, 1.82) is 0 Å². The number of rotatable bonds is 1. The van der Waals surface area contributed by atoms with E-state index in [1.54, 1.807) is 6.07 Å². The molecule has 2 rings (SSSR count). The lowest BCUT2D eigenvalue weighted by Crippen LogP contribution is -1.79. The first-order valence-electron chi connectivity index (χ1n) is 3.65. The number of hydrogen-bond donors (Lipinski definition) is 1. The number of oxazole rings is 1. The fraction of sp³-hybridized carbons (Fsp3) is 0.125. The second-order valence-electron chi connectivity index (χ2n) is 2.55. The number of nitrogens with zero attached hydrogens (tertiary/aromatic N) is 1. The van der Waals surface area contributed by atoms with Gasteiger partial charge in [-0.1, -0.05) is 0 Å². The van der Waals surface area contributed by atoms with E-state index in [2.05, 4.69) is 36.8 Å². The van der Waals surface area contributed by atoms with Gasteiger partial charge >= 0.3 is 6.08 Å². The lowest BCUT2D eigenvalue weighted by atomic mass is 10.3. The number of hydrogen-bond acceptors (Lipinski definition) is 4. The van der Waals surface area contributed by atoms with E-state index < -0.39 is 0 Å². The van der Waals surface area contributed by atoms with Crippen LogP contribution in [0.5, 0.6) is 11.8 Å². The van der Waals surface area contributed by atoms with E-state index in [1.807, 2.05) is 0 Å². The van der Waals surface area contributed by atoms with Crippen LogP contribution >= 0.6 is 31.9 Å². The summed E-state index contributed by atoms with van der Waals surface area (Å²) in [6, 6.07) is 1.68. The Bertz CT molecular complexity index is 495. The summed E-state index contributed by atoms with van der Waals surface area (Å²) in [6.45, 7) is 0. The molecule has 0 unspecified atom stereocenters. The number of phenolic OH excluding ortho intramolecular Hbond substituents is 1. The van der Waals surface area contributed by atoms with Crippen molar-refractivity contribution in [3.63, 3.8) is 0 Å². The molecular formula is C8H5Br2NO3. The summed E-state index contributed by atoms with van der Waals surface area (Å²) in [5.41, 5.74) is 0.825. The molecule has 0 saturated heterocycles. The Morgan fingerprint density at radius 1 is 1.43 bits per heavy atom. The van der Waals surface area contributed by atoms with Gasteiger partial charge in [0.2, 0.25) is 0 Å². The molecule has 1 aromatic carbocycles. The zero-order chi connectivity index (χ0) is 10.3. The van der Waals surface area contributed by atoms with E-state index in [0.717, 1.165) is 0 Å². The average molecular weight is 323 g/mol. The first-order chi connectivity index (χ1) is 6.63. The maximum atomic E-state index is 9.65. The van der Waals surface area contributed by atoms with Crippen LogP contribution in [0, 0.1) is 0 Å². The Morgan fingerprint density at radius 3 is 2.79 bits per heavy atom. The Labute approximate surface area is 96.1 Å². The van der Waals surface area contributed by atoms with E-state index in [4.69, 9.17) is 9.15 Å². The predicted octanol–water partition coefficient (Wildman–Crippen LogP) is 3.07. The molecule has 0 radical (unpaired) electrons. The third-order valence-corrected chi connectivity index (χ3v) is 2.90. The van der Waals surface area contributed by atoms with Crippen molar-refractivity contribution in [3.8, 4) is 11.8 Å². The molecule has 1 heterocycles. The van der Waals surface area contributed by atoms with Crippen LogP contribution in [-0.2, 0) is 0 Å². The molecule has 0 aliphatic carbocycles. The van der Waals surface area contributed by atoms with E-state index >= 15 is 0 Å². The van der Waals surface area contributed by atoms with E-state index in [0.29, 0.717) is 20.0 Å². The van der Waals surface area contributed by atoms with Crippen LogP contribution < -0.4 is 4.74 Å². The quantitative estimate of drug-likeness (QED) is 0.876. The minimum absolute atomic E-state index is 0.0373. The van der Waals surface area contributed by atoms with Crippen LogP contribution in [0.4, 0.5) is 0 Å². The van der Waals surface area contributed by atoms with Gasteiger partial charge in [0.05, 0.1) is 16.1 Å². The largest absolute Gasteiger partial charge is 0.504 e. The second kappa shape index (κ2) is 3.43. The number of halogens is 2. The summed E-state index contributed by atoms with van der Waals surface area (Å²) >= 11 is 6.49. The summed E-state index contributed by atoms with van der Waals surface area (Å²) in [5.74, 6) is 0.0373. The van der Waals surface area contributed by atoms with Gasteiger partial charge in [-0.05, 0) is 37.9 Å². The van der Waals surface area contributed by atoms with Crippen molar-refractivity contribution in [1.82, 2.24) is 4.98 Å². The van der Waals surface area contributed by atoms with Crippen LogP contribution in [0.25, 0.3) is 11.1 Å². The summed E-state index contributed by atoms with van der Waals surface area (Å²) in [7, 11) is 1.45. The molecule has 0 fully saturated rings. The highest BCUT2D eigenvalue weighted by Gasteiger charge is 2.15. The Hall–Kier alpha value is -0.750. The van der Waals surface area contributed by atoms with E-state index in [1.165, 1.54) is 7.11 Å². The van der Waals surface area contributed by atoms with Crippen LogP contribution in [0.1, 0.15) is 0 Å². The van der Waals surface area contributed by atoms with Crippen LogP contribution in [0.15, 0.2) is 19.4 Å². The third-order valence-electron chi connectivity index (χ3n) is 1.70. The molecule has 1 N–H and O–H groups in total. The predicted molar refractivity (Wildman–Crippen MR) is 57.6 cm³/mol. The Balaban J connectivity index is 2.84. The van der Waals surface area contributed by atoms with Crippen LogP contribution in [-0.4, -0.2) is 17.2 Å². The van der Waals surface area contributed by atoms with Crippen LogP contribution in [0.3, 0.4) is 0 Å². The molecule has 0 bridgehead atoms. The number of aromatic hydroxyl groups is 1. The SMILES string of the molecule is COc1nc2c(O)c(Br)cc(Br)c2o1. The number of ether oxygens (including phenoxy) is 1. The minimum atomic E-state index is 0.0373. The molecule has 74 valence electrons. The zero-order valence-electron chi connectivity index (χ0n) is 7.04. The Kier molecular flexibility index (Phi) is 2.40.